The van der Waals surface area contributed by atoms with E-state index in [-0.39, 0.29) is 36.1 Å². The number of nitrogens with one attached hydrogen (secondary N) is 1. The number of para-hydroxylation sites is 1. The third-order valence-electron chi connectivity index (χ3n) is 4.32. The maximum absolute atomic E-state index is 12.7. The zero-order chi connectivity index (χ0) is 20.1. The average molecular weight is 372 g/mol. The number of anilines is 1. The van der Waals surface area contributed by atoms with E-state index in [1.54, 1.807) is 13.8 Å². The summed E-state index contributed by atoms with van der Waals surface area (Å²) in [6.45, 7) is 7.40. The highest BCUT2D eigenvalue weighted by atomic mass is 16.4. The summed E-state index contributed by atoms with van der Waals surface area (Å²) < 4.78 is 5.40. The minimum absolute atomic E-state index is 0.0307. The van der Waals surface area contributed by atoms with Gasteiger partial charge in [0.05, 0.1) is 0 Å². The first-order chi connectivity index (χ1) is 12.8. The molecule has 0 saturated heterocycles. The molecule has 0 aliphatic rings. The van der Waals surface area contributed by atoms with Gasteiger partial charge in [0, 0.05) is 24.7 Å². The van der Waals surface area contributed by atoms with E-state index in [9.17, 15) is 19.5 Å². The molecule has 0 unspecified atom stereocenters. The molecule has 0 bridgehead atoms. The number of rotatable bonds is 7. The van der Waals surface area contributed by atoms with Crippen LogP contribution >= 0.6 is 0 Å². The van der Waals surface area contributed by atoms with Crippen LogP contribution in [0.15, 0.2) is 28.7 Å². The highest BCUT2D eigenvalue weighted by Gasteiger charge is 2.25. The van der Waals surface area contributed by atoms with Crippen molar-refractivity contribution in [3.8, 4) is 0 Å². The van der Waals surface area contributed by atoms with Gasteiger partial charge in [-0.2, -0.15) is 0 Å². The van der Waals surface area contributed by atoms with Gasteiger partial charge in [-0.3, -0.25) is 9.59 Å². The number of aromatic carboxylic acids is 1. The number of carboxylic acid groups (broad SMARTS) is 1. The molecule has 0 fully saturated rings. The summed E-state index contributed by atoms with van der Waals surface area (Å²) in [6, 6.07) is 6.92. The Morgan fingerprint density at radius 3 is 2.26 bits per heavy atom. The molecule has 2 rings (SSSR count). The van der Waals surface area contributed by atoms with Crippen LogP contribution in [0, 0.1) is 13.8 Å². The molecule has 0 atom stereocenters. The molecule has 2 amide bonds. The lowest BCUT2D eigenvalue weighted by Gasteiger charge is -2.20. The van der Waals surface area contributed by atoms with Gasteiger partial charge in [0.2, 0.25) is 5.91 Å². The van der Waals surface area contributed by atoms with Gasteiger partial charge in [-0.15, -0.1) is 0 Å². The van der Waals surface area contributed by atoms with Crippen LogP contribution in [0.1, 0.15) is 51.6 Å². The molecule has 7 nitrogen and oxygen atoms in total. The second kappa shape index (κ2) is 8.53. The van der Waals surface area contributed by atoms with Crippen LogP contribution in [0.2, 0.25) is 0 Å². The van der Waals surface area contributed by atoms with Crippen LogP contribution in [0.4, 0.5) is 5.69 Å². The lowest BCUT2D eigenvalue weighted by molar-refractivity contribution is -0.116. The standard InChI is InChI=1S/C20H24N2O5/c1-5-15-14(20(25)26)10-16(27-15)19(24)22(6-2)11-17(23)21-18-12(3)8-7-9-13(18)4/h7-10H,5-6,11H2,1-4H3,(H,21,23)(H,25,26). The topological polar surface area (TPSA) is 99.9 Å². The molecule has 1 aromatic heterocycles. The summed E-state index contributed by atoms with van der Waals surface area (Å²) in [4.78, 5) is 37.7. The SMILES string of the molecule is CCc1oc(C(=O)N(CC)CC(=O)Nc2c(C)cccc2C)cc1C(=O)O. The van der Waals surface area contributed by atoms with Gasteiger partial charge in [-0.05, 0) is 31.9 Å². The zero-order valence-corrected chi connectivity index (χ0v) is 16.0. The van der Waals surface area contributed by atoms with E-state index in [4.69, 9.17) is 4.42 Å². The van der Waals surface area contributed by atoms with Gasteiger partial charge in [-0.25, -0.2) is 4.79 Å². The monoisotopic (exact) mass is 372 g/mol. The van der Waals surface area contributed by atoms with Crippen LogP contribution < -0.4 is 5.32 Å². The predicted octanol–water partition coefficient (Wildman–Crippen LogP) is 3.26. The van der Waals surface area contributed by atoms with Crippen molar-refractivity contribution in [2.45, 2.75) is 34.1 Å². The van der Waals surface area contributed by atoms with Gasteiger partial charge in [0.25, 0.3) is 5.91 Å². The molecule has 0 saturated carbocycles. The lowest BCUT2D eigenvalue weighted by Crippen LogP contribution is -2.37. The van der Waals surface area contributed by atoms with Crippen molar-refractivity contribution < 1.29 is 23.9 Å². The minimum Gasteiger partial charge on any atom is -0.478 e. The first kappa shape index (κ1) is 20.2. The van der Waals surface area contributed by atoms with Gasteiger partial charge in [0.15, 0.2) is 5.76 Å². The van der Waals surface area contributed by atoms with Gasteiger partial charge < -0.3 is 19.7 Å². The Bertz CT molecular complexity index is 849. The molecule has 0 spiro atoms. The van der Waals surface area contributed by atoms with Crippen molar-refractivity contribution in [3.05, 3.63) is 52.5 Å². The number of benzene rings is 1. The number of nitrogens with zero attached hydrogens (tertiary/aromatic N) is 1. The van der Waals surface area contributed by atoms with E-state index in [1.807, 2.05) is 32.0 Å². The fourth-order valence-corrected chi connectivity index (χ4v) is 2.82. The average Bonchev–Trinajstić information content (AvgIpc) is 3.07. The van der Waals surface area contributed by atoms with Crippen LogP contribution in [0.5, 0.6) is 0 Å². The number of hydrogen-bond acceptors (Lipinski definition) is 4. The van der Waals surface area contributed by atoms with E-state index in [0.29, 0.717) is 6.42 Å². The smallest absolute Gasteiger partial charge is 0.339 e. The van der Waals surface area contributed by atoms with Gasteiger partial charge in [-0.1, -0.05) is 25.1 Å². The molecule has 0 aliphatic heterocycles. The largest absolute Gasteiger partial charge is 0.478 e. The van der Waals surface area contributed by atoms with E-state index >= 15 is 0 Å². The molecular formula is C20H24N2O5. The lowest BCUT2D eigenvalue weighted by atomic mass is 10.1. The summed E-state index contributed by atoms with van der Waals surface area (Å²) in [5.41, 5.74) is 2.56. The second-order valence-electron chi connectivity index (χ2n) is 6.24. The number of aryl methyl sites for hydroxylation is 3. The molecule has 2 aromatic rings. The third kappa shape index (κ3) is 4.55. The number of furan rings is 1. The van der Waals surface area contributed by atoms with E-state index < -0.39 is 11.9 Å². The number of hydrogen-bond donors (Lipinski definition) is 2. The van der Waals surface area contributed by atoms with Crippen LogP contribution in [0.25, 0.3) is 0 Å². The highest BCUT2D eigenvalue weighted by Crippen LogP contribution is 2.20. The number of carbonyl (C=O) groups is 3. The fraction of sp³-hybridized carbons (Fsp3) is 0.350. The summed E-state index contributed by atoms with van der Waals surface area (Å²) in [5.74, 6) is -1.84. The van der Waals surface area contributed by atoms with Gasteiger partial charge >= 0.3 is 5.97 Å². The molecular weight excluding hydrogens is 348 g/mol. The van der Waals surface area contributed by atoms with Crippen molar-refractivity contribution >= 4 is 23.5 Å². The Morgan fingerprint density at radius 2 is 1.78 bits per heavy atom. The Kier molecular flexibility index (Phi) is 6.39. The number of likely N-dealkylation sites (N-methyl/N-ethyl adjacent to an activating group) is 1. The zero-order valence-electron chi connectivity index (χ0n) is 16.0. The Balaban J connectivity index is 2.15. The number of carboxylic acids is 1. The molecule has 0 radical (unpaired) electrons. The summed E-state index contributed by atoms with van der Waals surface area (Å²) in [7, 11) is 0. The van der Waals surface area contributed by atoms with Crippen LogP contribution in [-0.2, 0) is 11.2 Å². The van der Waals surface area contributed by atoms with Crippen molar-refractivity contribution in [3.63, 3.8) is 0 Å². The van der Waals surface area contributed by atoms with E-state index in [2.05, 4.69) is 5.32 Å². The third-order valence-corrected chi connectivity index (χ3v) is 4.32. The second-order valence-corrected chi connectivity index (χ2v) is 6.24. The summed E-state index contributed by atoms with van der Waals surface area (Å²) >= 11 is 0. The minimum atomic E-state index is -1.15. The van der Waals surface area contributed by atoms with Crippen molar-refractivity contribution in [2.24, 2.45) is 0 Å². The number of amides is 2. The molecule has 1 aromatic carbocycles. The Morgan fingerprint density at radius 1 is 1.15 bits per heavy atom. The van der Waals surface area contributed by atoms with Crippen molar-refractivity contribution in [1.82, 2.24) is 4.90 Å². The normalized spacial score (nSPS) is 10.5. The van der Waals surface area contributed by atoms with E-state index in [1.165, 1.54) is 11.0 Å². The molecule has 0 aliphatic carbocycles. The summed E-state index contributed by atoms with van der Waals surface area (Å²) in [5, 5.41) is 12.0. The number of carbonyl (C=O) groups excluding carboxylic acids is 2. The first-order valence-electron chi connectivity index (χ1n) is 8.79. The van der Waals surface area contributed by atoms with Crippen molar-refractivity contribution in [2.75, 3.05) is 18.4 Å². The highest BCUT2D eigenvalue weighted by molar-refractivity contribution is 6.00. The maximum atomic E-state index is 12.7. The fourth-order valence-electron chi connectivity index (χ4n) is 2.82. The molecule has 27 heavy (non-hydrogen) atoms. The first-order valence-corrected chi connectivity index (χ1v) is 8.79. The molecule has 1 heterocycles. The molecule has 2 N–H and O–H groups in total. The Hall–Kier alpha value is -3.09. The van der Waals surface area contributed by atoms with Crippen LogP contribution in [-0.4, -0.2) is 40.9 Å². The van der Waals surface area contributed by atoms with Crippen molar-refractivity contribution in [1.29, 1.82) is 0 Å². The summed E-state index contributed by atoms with van der Waals surface area (Å²) in [6.07, 6.45) is 0.355. The predicted molar refractivity (Wildman–Crippen MR) is 101 cm³/mol. The molecule has 144 valence electrons. The van der Waals surface area contributed by atoms with E-state index in [0.717, 1.165) is 16.8 Å². The maximum Gasteiger partial charge on any atom is 0.339 e. The molecule has 7 heteroatoms. The quantitative estimate of drug-likeness (QED) is 0.777. The Labute approximate surface area is 158 Å². The van der Waals surface area contributed by atoms with Gasteiger partial charge in [0.1, 0.15) is 17.9 Å². The van der Waals surface area contributed by atoms with Crippen LogP contribution in [0.3, 0.4) is 0 Å².